The van der Waals surface area contributed by atoms with E-state index >= 15 is 0 Å². The summed E-state index contributed by atoms with van der Waals surface area (Å²) in [5.41, 5.74) is 1.97. The number of piperidine rings is 3. The summed E-state index contributed by atoms with van der Waals surface area (Å²) >= 11 is 0. The minimum Gasteiger partial charge on any atom is -0.387 e. The Bertz CT molecular complexity index is 693. The first-order valence-electron chi connectivity index (χ1n) is 8.16. The summed E-state index contributed by atoms with van der Waals surface area (Å²) < 4.78 is 0. The Morgan fingerprint density at radius 2 is 2.18 bits per heavy atom. The number of hydrogen-bond donors (Lipinski definition) is 1. The minimum atomic E-state index is -0.443. The van der Waals surface area contributed by atoms with Gasteiger partial charge in [0, 0.05) is 24.2 Å². The molecule has 0 spiro atoms. The summed E-state index contributed by atoms with van der Waals surface area (Å²) in [5.74, 6) is 1.27. The Morgan fingerprint density at radius 1 is 1.32 bits per heavy atom. The maximum absolute atomic E-state index is 11.0. The van der Waals surface area contributed by atoms with Crippen LogP contribution >= 0.6 is 0 Å². The maximum atomic E-state index is 11.0. The van der Waals surface area contributed by atoms with Crippen LogP contribution < -0.4 is 0 Å². The highest BCUT2D eigenvalue weighted by Crippen LogP contribution is 2.41. The number of nitrogens with zero attached hydrogens (tertiary/aromatic N) is 2. The van der Waals surface area contributed by atoms with E-state index in [1.165, 1.54) is 6.42 Å². The lowest BCUT2D eigenvalue weighted by Gasteiger charge is -2.50. The van der Waals surface area contributed by atoms with E-state index in [4.69, 9.17) is 0 Å². The lowest BCUT2D eigenvalue weighted by molar-refractivity contribution is -0.0444. The fraction of sp³-hybridized carbons (Fsp3) is 0.421. The highest BCUT2D eigenvalue weighted by atomic mass is 16.3. The smallest absolute Gasteiger partial charge is 0.0952 e. The first-order valence-corrected chi connectivity index (χ1v) is 8.16. The van der Waals surface area contributed by atoms with Crippen molar-refractivity contribution in [1.29, 1.82) is 0 Å². The van der Waals surface area contributed by atoms with Gasteiger partial charge in [0.1, 0.15) is 0 Å². The summed E-state index contributed by atoms with van der Waals surface area (Å²) in [5, 5.41) is 12.1. The zero-order chi connectivity index (χ0) is 15.1. The number of aliphatic hydroxyl groups excluding tert-OH is 1. The third-order valence-corrected chi connectivity index (χ3v) is 5.52. The van der Waals surface area contributed by atoms with Crippen LogP contribution in [0.1, 0.15) is 24.5 Å². The summed E-state index contributed by atoms with van der Waals surface area (Å²) in [6.45, 7) is 6.11. The van der Waals surface area contributed by atoms with E-state index in [1.807, 2.05) is 30.5 Å². The summed E-state index contributed by atoms with van der Waals surface area (Å²) in [4.78, 5) is 6.86. The van der Waals surface area contributed by atoms with E-state index in [-0.39, 0.29) is 6.04 Å². The predicted octanol–water partition coefficient (Wildman–Crippen LogP) is 3.16. The quantitative estimate of drug-likeness (QED) is 0.883. The van der Waals surface area contributed by atoms with Gasteiger partial charge in [-0.2, -0.15) is 0 Å². The Kier molecular flexibility index (Phi) is 3.47. The fourth-order valence-electron chi connectivity index (χ4n) is 4.29. The lowest BCUT2D eigenvalue weighted by Crippen LogP contribution is -2.54. The van der Waals surface area contributed by atoms with Crippen molar-refractivity contribution in [2.75, 3.05) is 13.1 Å². The molecule has 5 atom stereocenters. The number of rotatable bonds is 3. The molecule has 0 radical (unpaired) electrons. The molecule has 3 aliphatic heterocycles. The van der Waals surface area contributed by atoms with Crippen molar-refractivity contribution in [3.63, 3.8) is 0 Å². The molecule has 114 valence electrons. The van der Waals surface area contributed by atoms with Gasteiger partial charge < -0.3 is 5.11 Å². The van der Waals surface area contributed by atoms with Gasteiger partial charge in [-0.1, -0.05) is 24.3 Å². The van der Waals surface area contributed by atoms with Crippen molar-refractivity contribution in [1.82, 2.24) is 9.88 Å². The molecular formula is C19H22N2O. The van der Waals surface area contributed by atoms with Crippen LogP contribution in [0.25, 0.3) is 10.9 Å². The predicted molar refractivity (Wildman–Crippen MR) is 88.5 cm³/mol. The molecule has 3 fully saturated rings. The molecule has 0 amide bonds. The van der Waals surface area contributed by atoms with E-state index in [0.29, 0.717) is 11.8 Å². The van der Waals surface area contributed by atoms with Crippen molar-refractivity contribution in [3.05, 3.63) is 54.7 Å². The average molecular weight is 294 g/mol. The molecule has 1 aromatic carbocycles. The van der Waals surface area contributed by atoms with E-state index in [2.05, 4.69) is 28.6 Å². The molecule has 1 unspecified atom stereocenters. The standard InChI is InChI=1S/C19H22N2O/c1-2-13-12-21-10-8-14(13)11-18(21)19(22)16-7-9-20-17-6-4-3-5-15(16)17/h2-7,9,13-14,18-19,22H,1,8,10-12H2/t13-,14-,18-,19-/m1/s1. The average Bonchev–Trinajstić information content (AvgIpc) is 2.60. The SMILES string of the molecule is C=C[C@@H]1CN2CC[C@@H]1C[C@@H]2[C@H](O)c1ccnc2ccccc12. The molecule has 3 aliphatic rings. The third-order valence-electron chi connectivity index (χ3n) is 5.52. The molecule has 0 aliphatic carbocycles. The number of aromatic nitrogens is 1. The molecule has 1 N–H and O–H groups in total. The van der Waals surface area contributed by atoms with E-state index in [9.17, 15) is 5.11 Å². The Labute approximate surface area is 131 Å². The zero-order valence-electron chi connectivity index (χ0n) is 12.7. The number of para-hydroxylation sites is 1. The van der Waals surface area contributed by atoms with E-state index in [0.717, 1.165) is 36.0 Å². The summed E-state index contributed by atoms with van der Waals surface area (Å²) in [7, 11) is 0. The molecule has 3 heteroatoms. The van der Waals surface area contributed by atoms with Crippen LogP contribution in [0.15, 0.2) is 49.2 Å². The van der Waals surface area contributed by atoms with Gasteiger partial charge in [0.2, 0.25) is 0 Å². The molecule has 22 heavy (non-hydrogen) atoms. The first-order chi connectivity index (χ1) is 10.8. The first kappa shape index (κ1) is 13.9. The molecular weight excluding hydrogens is 272 g/mol. The van der Waals surface area contributed by atoms with Crippen LogP contribution in [0.3, 0.4) is 0 Å². The minimum absolute atomic E-state index is 0.223. The lowest BCUT2D eigenvalue weighted by atomic mass is 9.73. The van der Waals surface area contributed by atoms with E-state index in [1.54, 1.807) is 0 Å². The highest BCUT2D eigenvalue weighted by Gasteiger charge is 2.42. The number of benzene rings is 1. The van der Waals surface area contributed by atoms with Crippen LogP contribution in [0.5, 0.6) is 0 Å². The highest BCUT2D eigenvalue weighted by molar-refractivity contribution is 5.82. The Hall–Kier alpha value is -1.71. The van der Waals surface area contributed by atoms with Crippen molar-refractivity contribution < 1.29 is 5.11 Å². The van der Waals surface area contributed by atoms with Gasteiger partial charge in [-0.25, -0.2) is 0 Å². The second kappa shape index (κ2) is 5.49. The summed E-state index contributed by atoms with van der Waals surface area (Å²) in [6, 6.07) is 10.3. The fourth-order valence-corrected chi connectivity index (χ4v) is 4.29. The molecule has 2 aromatic rings. The molecule has 1 aromatic heterocycles. The molecule has 5 rings (SSSR count). The molecule has 2 bridgehead atoms. The molecule has 3 saturated heterocycles. The largest absolute Gasteiger partial charge is 0.387 e. The molecule has 3 nitrogen and oxygen atoms in total. The second-order valence-corrected chi connectivity index (χ2v) is 6.61. The van der Waals surface area contributed by atoms with Crippen LogP contribution in [0, 0.1) is 11.8 Å². The number of fused-ring (bicyclic) bond motifs is 4. The number of pyridine rings is 1. The van der Waals surface area contributed by atoms with Gasteiger partial charge in [0.25, 0.3) is 0 Å². The number of aliphatic hydroxyl groups is 1. The van der Waals surface area contributed by atoms with Crippen LogP contribution in [0.2, 0.25) is 0 Å². The third kappa shape index (κ3) is 2.16. The van der Waals surface area contributed by atoms with Crippen LogP contribution in [-0.2, 0) is 0 Å². The van der Waals surface area contributed by atoms with Crippen LogP contribution in [0.4, 0.5) is 0 Å². The van der Waals surface area contributed by atoms with Crippen molar-refractivity contribution in [2.24, 2.45) is 11.8 Å². The topological polar surface area (TPSA) is 36.4 Å². The van der Waals surface area contributed by atoms with Crippen LogP contribution in [-0.4, -0.2) is 34.1 Å². The van der Waals surface area contributed by atoms with Gasteiger partial charge in [0.15, 0.2) is 0 Å². The van der Waals surface area contributed by atoms with Crippen molar-refractivity contribution in [3.8, 4) is 0 Å². The Balaban J connectivity index is 1.67. The Morgan fingerprint density at radius 3 is 2.95 bits per heavy atom. The second-order valence-electron chi connectivity index (χ2n) is 6.61. The van der Waals surface area contributed by atoms with E-state index < -0.39 is 6.10 Å². The van der Waals surface area contributed by atoms with Gasteiger partial charge >= 0.3 is 0 Å². The number of hydrogen-bond acceptors (Lipinski definition) is 3. The van der Waals surface area contributed by atoms with Gasteiger partial charge in [-0.05, 0) is 48.9 Å². The normalized spacial score (nSPS) is 32.0. The van der Waals surface area contributed by atoms with Gasteiger partial charge in [0.05, 0.1) is 11.6 Å². The molecule has 4 heterocycles. The zero-order valence-corrected chi connectivity index (χ0v) is 12.7. The van der Waals surface area contributed by atoms with Crippen molar-refractivity contribution >= 4 is 10.9 Å². The van der Waals surface area contributed by atoms with Gasteiger partial charge in [-0.3, -0.25) is 9.88 Å². The van der Waals surface area contributed by atoms with Gasteiger partial charge in [-0.15, -0.1) is 6.58 Å². The monoisotopic (exact) mass is 294 g/mol. The van der Waals surface area contributed by atoms with Crippen molar-refractivity contribution in [2.45, 2.75) is 25.0 Å². The molecule has 0 saturated carbocycles. The summed E-state index contributed by atoms with van der Waals surface area (Å²) in [6.07, 6.45) is 5.76. The maximum Gasteiger partial charge on any atom is 0.0952 e.